The summed E-state index contributed by atoms with van der Waals surface area (Å²) in [4.78, 5) is 34.5. The molecule has 6 nitrogen and oxygen atoms in total. The number of aliphatic carboxylic acids is 1. The Hall–Kier alpha value is -1.60. The Labute approximate surface area is 122 Å². The van der Waals surface area contributed by atoms with Crippen LogP contribution in [0.1, 0.15) is 10.4 Å². The summed E-state index contributed by atoms with van der Waals surface area (Å²) in [5.74, 6) is -2.65. The average Bonchev–Trinajstić information content (AvgIpc) is 2.26. The lowest BCUT2D eigenvalue weighted by molar-refractivity contribution is -0.138. The number of carbonyl (C=O) groups is 3. The number of amides is 2. The summed E-state index contributed by atoms with van der Waals surface area (Å²) in [5.41, 5.74) is 5.19. The van der Waals surface area contributed by atoms with Gasteiger partial charge in [0.05, 0.1) is 5.56 Å². The standard InChI is InChI=1S/C11H10BrClN2O4/c12-8-3-6(13)1-2-7(8)11(19)15(4-9(14)16)5-10(17)18/h1-3H,4-5H2,(H2,14,16)(H,17,18). The average molecular weight is 350 g/mol. The van der Waals surface area contributed by atoms with Gasteiger partial charge >= 0.3 is 5.97 Å². The van der Waals surface area contributed by atoms with Crippen LogP contribution in [0.4, 0.5) is 0 Å². The van der Waals surface area contributed by atoms with E-state index in [0.29, 0.717) is 9.50 Å². The number of halogens is 2. The smallest absolute Gasteiger partial charge is 0.323 e. The van der Waals surface area contributed by atoms with Crippen LogP contribution in [-0.2, 0) is 9.59 Å². The largest absolute Gasteiger partial charge is 0.480 e. The first-order chi connectivity index (χ1) is 8.81. The van der Waals surface area contributed by atoms with Crippen LogP contribution in [0.15, 0.2) is 22.7 Å². The minimum atomic E-state index is -1.24. The van der Waals surface area contributed by atoms with Gasteiger partial charge in [-0.05, 0) is 34.1 Å². The summed E-state index contributed by atoms with van der Waals surface area (Å²) < 4.78 is 0.407. The molecule has 2 amide bonds. The first kappa shape index (κ1) is 15.5. The number of benzene rings is 1. The monoisotopic (exact) mass is 348 g/mol. The molecule has 0 fully saturated rings. The van der Waals surface area contributed by atoms with Gasteiger partial charge in [0, 0.05) is 9.50 Å². The van der Waals surface area contributed by atoms with Crippen LogP contribution in [-0.4, -0.2) is 40.9 Å². The molecule has 0 aliphatic carbocycles. The van der Waals surface area contributed by atoms with Crippen LogP contribution in [0.5, 0.6) is 0 Å². The van der Waals surface area contributed by atoms with Crippen molar-refractivity contribution in [3.8, 4) is 0 Å². The highest BCUT2D eigenvalue weighted by atomic mass is 79.9. The topological polar surface area (TPSA) is 101 Å². The maximum absolute atomic E-state index is 12.1. The maximum Gasteiger partial charge on any atom is 0.323 e. The summed E-state index contributed by atoms with van der Waals surface area (Å²) in [6.45, 7) is -1.09. The van der Waals surface area contributed by atoms with E-state index in [1.165, 1.54) is 18.2 Å². The zero-order chi connectivity index (χ0) is 14.6. The molecule has 1 rings (SSSR count). The highest BCUT2D eigenvalue weighted by Gasteiger charge is 2.22. The number of hydrogen-bond donors (Lipinski definition) is 2. The molecule has 0 bridgehead atoms. The second-order valence-corrected chi connectivity index (χ2v) is 4.94. The number of carbonyl (C=O) groups excluding carboxylic acids is 2. The van der Waals surface area contributed by atoms with E-state index < -0.39 is 30.9 Å². The Balaban J connectivity index is 3.04. The van der Waals surface area contributed by atoms with Crippen molar-refractivity contribution in [3.63, 3.8) is 0 Å². The lowest BCUT2D eigenvalue weighted by atomic mass is 10.2. The normalized spacial score (nSPS) is 10.0. The summed E-state index contributed by atoms with van der Waals surface area (Å²) in [6.07, 6.45) is 0. The van der Waals surface area contributed by atoms with Gasteiger partial charge in [0.25, 0.3) is 5.91 Å². The van der Waals surface area contributed by atoms with Crippen LogP contribution in [0.3, 0.4) is 0 Å². The molecule has 8 heteroatoms. The van der Waals surface area contributed by atoms with Crippen LogP contribution < -0.4 is 5.73 Å². The number of carboxylic acids is 1. The van der Waals surface area contributed by atoms with Gasteiger partial charge in [0.15, 0.2) is 0 Å². The third-order valence-electron chi connectivity index (χ3n) is 2.12. The van der Waals surface area contributed by atoms with Crippen molar-refractivity contribution in [1.82, 2.24) is 4.90 Å². The molecule has 0 radical (unpaired) electrons. The van der Waals surface area contributed by atoms with Gasteiger partial charge in [-0.3, -0.25) is 14.4 Å². The third-order valence-corrected chi connectivity index (χ3v) is 3.01. The van der Waals surface area contributed by atoms with E-state index in [1.54, 1.807) is 0 Å². The predicted octanol–water partition coefficient (Wildman–Crippen LogP) is 1.11. The van der Waals surface area contributed by atoms with Crippen molar-refractivity contribution < 1.29 is 19.5 Å². The lowest BCUT2D eigenvalue weighted by Gasteiger charge is -2.19. The molecule has 0 heterocycles. The van der Waals surface area contributed by atoms with E-state index in [1.807, 2.05) is 0 Å². The van der Waals surface area contributed by atoms with Crippen molar-refractivity contribution >= 4 is 45.3 Å². The molecule has 0 spiro atoms. The van der Waals surface area contributed by atoms with Crippen molar-refractivity contribution in [2.24, 2.45) is 5.73 Å². The fourth-order valence-corrected chi connectivity index (χ4v) is 2.24. The molecule has 102 valence electrons. The fourth-order valence-electron chi connectivity index (χ4n) is 1.38. The maximum atomic E-state index is 12.1. The molecule has 0 aromatic heterocycles. The number of primary amides is 1. The van der Waals surface area contributed by atoms with E-state index in [4.69, 9.17) is 22.4 Å². The molecule has 19 heavy (non-hydrogen) atoms. The first-order valence-electron chi connectivity index (χ1n) is 5.05. The van der Waals surface area contributed by atoms with Crippen molar-refractivity contribution in [2.75, 3.05) is 13.1 Å². The van der Waals surface area contributed by atoms with Crippen molar-refractivity contribution in [2.45, 2.75) is 0 Å². The quantitative estimate of drug-likeness (QED) is 0.831. The molecule has 0 saturated carbocycles. The number of nitrogens with zero attached hydrogens (tertiary/aromatic N) is 1. The third kappa shape index (κ3) is 4.53. The van der Waals surface area contributed by atoms with Crippen LogP contribution in [0.25, 0.3) is 0 Å². The Morgan fingerprint density at radius 2 is 1.95 bits per heavy atom. The molecule has 0 unspecified atom stereocenters. The van der Waals surface area contributed by atoms with E-state index in [2.05, 4.69) is 15.9 Å². The molecule has 3 N–H and O–H groups in total. The van der Waals surface area contributed by atoms with Gasteiger partial charge in [-0.15, -0.1) is 0 Å². The molecule has 0 aliphatic heterocycles. The molecule has 1 aromatic rings. The fraction of sp³-hybridized carbons (Fsp3) is 0.182. The van der Waals surface area contributed by atoms with Crippen molar-refractivity contribution in [1.29, 1.82) is 0 Å². The number of rotatable bonds is 5. The van der Waals surface area contributed by atoms with E-state index in [9.17, 15) is 14.4 Å². The Bertz CT molecular complexity index is 519. The summed E-state index contributed by atoms with van der Waals surface area (Å²) in [5, 5.41) is 9.15. The highest BCUT2D eigenvalue weighted by molar-refractivity contribution is 9.10. The predicted molar refractivity (Wildman–Crippen MR) is 71.9 cm³/mol. The van der Waals surface area contributed by atoms with Gasteiger partial charge < -0.3 is 15.7 Å². The van der Waals surface area contributed by atoms with E-state index in [0.717, 1.165) is 4.90 Å². The second kappa shape index (κ2) is 6.53. The summed E-state index contributed by atoms with van der Waals surface area (Å²) >= 11 is 8.90. The van der Waals surface area contributed by atoms with E-state index in [-0.39, 0.29) is 5.56 Å². The molecule has 1 aromatic carbocycles. The minimum absolute atomic E-state index is 0.201. The van der Waals surface area contributed by atoms with Gasteiger partial charge in [0.2, 0.25) is 5.91 Å². The number of hydrogen-bond acceptors (Lipinski definition) is 3. The van der Waals surface area contributed by atoms with E-state index >= 15 is 0 Å². The van der Waals surface area contributed by atoms with Gasteiger partial charge in [-0.1, -0.05) is 11.6 Å². The first-order valence-corrected chi connectivity index (χ1v) is 6.22. The zero-order valence-corrected chi connectivity index (χ0v) is 11.9. The Kier molecular flexibility index (Phi) is 5.31. The van der Waals surface area contributed by atoms with Gasteiger partial charge in [0.1, 0.15) is 13.1 Å². The Morgan fingerprint density at radius 1 is 1.32 bits per heavy atom. The van der Waals surface area contributed by atoms with Gasteiger partial charge in [-0.2, -0.15) is 0 Å². The Morgan fingerprint density at radius 3 is 2.42 bits per heavy atom. The highest BCUT2D eigenvalue weighted by Crippen LogP contribution is 2.22. The zero-order valence-electron chi connectivity index (χ0n) is 9.60. The molecule has 0 saturated heterocycles. The second-order valence-electron chi connectivity index (χ2n) is 3.65. The van der Waals surface area contributed by atoms with Crippen molar-refractivity contribution in [3.05, 3.63) is 33.3 Å². The number of nitrogens with two attached hydrogens (primary N) is 1. The SMILES string of the molecule is NC(=O)CN(CC(=O)O)C(=O)c1ccc(Cl)cc1Br. The molecular weight excluding hydrogens is 339 g/mol. The minimum Gasteiger partial charge on any atom is -0.480 e. The molecule has 0 aliphatic rings. The summed E-state index contributed by atoms with van der Waals surface area (Å²) in [6, 6.07) is 4.42. The summed E-state index contributed by atoms with van der Waals surface area (Å²) in [7, 11) is 0. The molecule has 0 atom stereocenters. The van der Waals surface area contributed by atoms with Gasteiger partial charge in [-0.25, -0.2) is 0 Å². The lowest BCUT2D eigenvalue weighted by Crippen LogP contribution is -2.41. The van der Waals surface area contributed by atoms with Crippen LogP contribution in [0.2, 0.25) is 5.02 Å². The molecular formula is C11H10BrClN2O4. The number of carboxylic acid groups (broad SMARTS) is 1. The van der Waals surface area contributed by atoms with Crippen LogP contribution in [0, 0.1) is 0 Å². The van der Waals surface area contributed by atoms with Crippen LogP contribution >= 0.6 is 27.5 Å².